The molecule has 0 radical (unpaired) electrons. The van der Waals surface area contributed by atoms with Crippen LogP contribution in [0.3, 0.4) is 0 Å². The van der Waals surface area contributed by atoms with Crippen LogP contribution in [-0.4, -0.2) is 19.6 Å². The van der Waals surface area contributed by atoms with Crippen LogP contribution in [0.15, 0.2) is 60.7 Å². The predicted octanol–water partition coefficient (Wildman–Crippen LogP) is 4.70. The Morgan fingerprint density at radius 3 is 2.44 bits per heavy atom. The average molecular weight is 343 g/mol. The number of fused-ring (bicyclic) bond motifs is 1. The molecule has 3 aromatic rings. The number of ether oxygens (including phenoxy) is 2. The van der Waals surface area contributed by atoms with Crippen molar-refractivity contribution in [2.24, 2.45) is 0 Å². The van der Waals surface area contributed by atoms with Gasteiger partial charge in [0.1, 0.15) is 0 Å². The van der Waals surface area contributed by atoms with Crippen molar-refractivity contribution < 1.29 is 23.0 Å². The van der Waals surface area contributed by atoms with Crippen molar-refractivity contribution in [1.82, 2.24) is 0 Å². The maximum Gasteiger partial charge on any atom is 0.387 e. The largest absolute Gasteiger partial charge is 0.493 e. The van der Waals surface area contributed by atoms with Gasteiger partial charge in [0.15, 0.2) is 11.5 Å². The molecule has 3 rings (SSSR count). The van der Waals surface area contributed by atoms with E-state index in [9.17, 15) is 13.6 Å². The summed E-state index contributed by atoms with van der Waals surface area (Å²) in [5, 5.41) is 4.84. The summed E-state index contributed by atoms with van der Waals surface area (Å²) in [6.45, 7) is -2.97. The third kappa shape index (κ3) is 3.85. The van der Waals surface area contributed by atoms with Crippen LogP contribution in [0.5, 0.6) is 11.5 Å². The zero-order valence-electron chi connectivity index (χ0n) is 13.3. The number of alkyl halides is 2. The summed E-state index contributed by atoms with van der Waals surface area (Å²) in [6, 6.07) is 17.4. The van der Waals surface area contributed by atoms with Crippen molar-refractivity contribution in [3.63, 3.8) is 0 Å². The van der Waals surface area contributed by atoms with Crippen molar-refractivity contribution >= 4 is 22.4 Å². The monoisotopic (exact) mass is 343 g/mol. The van der Waals surface area contributed by atoms with Gasteiger partial charge in [-0.05, 0) is 41.1 Å². The molecule has 0 saturated heterocycles. The molecule has 0 fully saturated rings. The molecule has 0 aliphatic carbocycles. The minimum absolute atomic E-state index is 0.0615. The summed E-state index contributed by atoms with van der Waals surface area (Å²) in [5.74, 6) is -0.441. The molecule has 0 spiro atoms. The number of nitrogens with one attached hydrogen (secondary N) is 1. The number of anilines is 1. The summed E-state index contributed by atoms with van der Waals surface area (Å²) in [6.07, 6.45) is 0. The fourth-order valence-corrected chi connectivity index (χ4v) is 2.47. The minimum Gasteiger partial charge on any atom is -0.493 e. The standard InChI is InChI=1S/C19H15F2NO3/c1-24-17-11-14(7-9-16(17)25-19(20)21)18(23)22-15-8-6-12-4-2-3-5-13(12)10-15/h2-11,19H,1H3,(H,22,23). The van der Waals surface area contributed by atoms with E-state index in [-0.39, 0.29) is 23.0 Å². The zero-order chi connectivity index (χ0) is 17.8. The van der Waals surface area contributed by atoms with Gasteiger partial charge in [-0.15, -0.1) is 0 Å². The normalized spacial score (nSPS) is 10.7. The lowest BCUT2D eigenvalue weighted by Crippen LogP contribution is -2.12. The summed E-state index contributed by atoms with van der Waals surface area (Å²) in [5.41, 5.74) is 0.905. The van der Waals surface area contributed by atoms with Crippen LogP contribution in [0, 0.1) is 0 Å². The molecule has 1 amide bonds. The van der Waals surface area contributed by atoms with Crippen molar-refractivity contribution in [2.45, 2.75) is 6.61 Å². The van der Waals surface area contributed by atoms with Gasteiger partial charge in [0.2, 0.25) is 0 Å². The van der Waals surface area contributed by atoms with Crippen LogP contribution >= 0.6 is 0 Å². The van der Waals surface area contributed by atoms with Gasteiger partial charge in [0, 0.05) is 11.3 Å². The molecule has 25 heavy (non-hydrogen) atoms. The highest BCUT2D eigenvalue weighted by Gasteiger charge is 2.14. The van der Waals surface area contributed by atoms with Gasteiger partial charge < -0.3 is 14.8 Å². The highest BCUT2D eigenvalue weighted by atomic mass is 19.3. The lowest BCUT2D eigenvalue weighted by molar-refractivity contribution is -0.0512. The molecule has 0 aromatic heterocycles. The Morgan fingerprint density at radius 2 is 1.72 bits per heavy atom. The van der Waals surface area contributed by atoms with Gasteiger partial charge >= 0.3 is 6.61 Å². The van der Waals surface area contributed by atoms with Gasteiger partial charge in [-0.25, -0.2) is 0 Å². The summed E-state index contributed by atoms with van der Waals surface area (Å²) in [4.78, 5) is 12.4. The van der Waals surface area contributed by atoms with Crippen LogP contribution in [-0.2, 0) is 0 Å². The molecule has 3 aromatic carbocycles. The number of carbonyl (C=O) groups is 1. The van der Waals surface area contributed by atoms with Crippen molar-refractivity contribution in [3.05, 3.63) is 66.2 Å². The van der Waals surface area contributed by atoms with E-state index < -0.39 is 6.61 Å². The Kier molecular flexibility index (Phi) is 4.79. The van der Waals surface area contributed by atoms with Crippen LogP contribution < -0.4 is 14.8 Å². The van der Waals surface area contributed by atoms with E-state index in [4.69, 9.17) is 4.74 Å². The first-order valence-electron chi connectivity index (χ1n) is 7.50. The molecule has 1 N–H and O–H groups in total. The lowest BCUT2D eigenvalue weighted by atomic mass is 10.1. The van der Waals surface area contributed by atoms with Gasteiger partial charge in [0.05, 0.1) is 7.11 Å². The van der Waals surface area contributed by atoms with E-state index in [2.05, 4.69) is 10.1 Å². The van der Waals surface area contributed by atoms with Crippen LogP contribution in [0.1, 0.15) is 10.4 Å². The zero-order valence-corrected chi connectivity index (χ0v) is 13.3. The smallest absolute Gasteiger partial charge is 0.387 e. The van der Waals surface area contributed by atoms with E-state index in [1.165, 1.54) is 25.3 Å². The Hall–Kier alpha value is -3.15. The first kappa shape index (κ1) is 16.7. The van der Waals surface area contributed by atoms with Crippen LogP contribution in [0.4, 0.5) is 14.5 Å². The van der Waals surface area contributed by atoms with Gasteiger partial charge in [-0.2, -0.15) is 8.78 Å². The molecule has 4 nitrogen and oxygen atoms in total. The SMILES string of the molecule is COc1cc(C(=O)Nc2ccc3ccccc3c2)ccc1OC(F)F. The topological polar surface area (TPSA) is 47.6 Å². The molecule has 6 heteroatoms. The summed E-state index contributed by atoms with van der Waals surface area (Å²) < 4.78 is 34.1. The fourth-order valence-electron chi connectivity index (χ4n) is 2.47. The second-order valence-electron chi connectivity index (χ2n) is 5.26. The summed E-state index contributed by atoms with van der Waals surface area (Å²) in [7, 11) is 1.32. The second-order valence-corrected chi connectivity index (χ2v) is 5.26. The quantitative estimate of drug-likeness (QED) is 0.730. The number of hydrogen-bond acceptors (Lipinski definition) is 3. The Balaban J connectivity index is 1.82. The molecule has 0 aliphatic heterocycles. The maximum atomic E-state index is 12.4. The molecule has 0 saturated carbocycles. The van der Waals surface area contributed by atoms with E-state index in [0.717, 1.165) is 10.8 Å². The molecule has 0 heterocycles. The molecule has 0 bridgehead atoms. The Bertz CT molecular complexity index is 912. The third-order valence-electron chi connectivity index (χ3n) is 3.65. The molecule has 0 atom stereocenters. The lowest BCUT2D eigenvalue weighted by Gasteiger charge is -2.12. The average Bonchev–Trinajstić information content (AvgIpc) is 2.61. The van der Waals surface area contributed by atoms with Crippen molar-refractivity contribution in [2.75, 3.05) is 12.4 Å². The van der Waals surface area contributed by atoms with E-state index >= 15 is 0 Å². The van der Waals surface area contributed by atoms with E-state index in [1.54, 1.807) is 6.07 Å². The minimum atomic E-state index is -2.97. The third-order valence-corrected chi connectivity index (χ3v) is 3.65. The highest BCUT2D eigenvalue weighted by molar-refractivity contribution is 6.05. The predicted molar refractivity (Wildman–Crippen MR) is 91.5 cm³/mol. The molecular weight excluding hydrogens is 328 g/mol. The van der Waals surface area contributed by atoms with Crippen molar-refractivity contribution in [1.29, 1.82) is 0 Å². The number of amides is 1. The number of benzene rings is 3. The fraction of sp³-hybridized carbons (Fsp3) is 0.105. The Morgan fingerprint density at radius 1 is 0.960 bits per heavy atom. The maximum absolute atomic E-state index is 12.4. The van der Waals surface area contributed by atoms with Crippen molar-refractivity contribution in [3.8, 4) is 11.5 Å². The molecule has 0 aliphatic rings. The molecular formula is C19H15F2NO3. The number of carbonyl (C=O) groups excluding carboxylic acids is 1. The Labute approximate surface area is 143 Å². The van der Waals surface area contributed by atoms with Crippen LogP contribution in [0.2, 0.25) is 0 Å². The van der Waals surface area contributed by atoms with E-state index in [1.807, 2.05) is 36.4 Å². The molecule has 0 unspecified atom stereocenters. The highest BCUT2D eigenvalue weighted by Crippen LogP contribution is 2.30. The first-order chi connectivity index (χ1) is 12.1. The van der Waals surface area contributed by atoms with Gasteiger partial charge in [-0.3, -0.25) is 4.79 Å². The molecule has 128 valence electrons. The first-order valence-corrected chi connectivity index (χ1v) is 7.50. The van der Waals surface area contributed by atoms with Gasteiger partial charge in [0.25, 0.3) is 5.91 Å². The van der Waals surface area contributed by atoms with Crippen LogP contribution in [0.25, 0.3) is 10.8 Å². The number of halogens is 2. The number of rotatable bonds is 5. The number of methoxy groups -OCH3 is 1. The number of hydrogen-bond donors (Lipinski definition) is 1. The van der Waals surface area contributed by atoms with Gasteiger partial charge in [-0.1, -0.05) is 30.3 Å². The summed E-state index contributed by atoms with van der Waals surface area (Å²) >= 11 is 0. The second kappa shape index (κ2) is 7.17. The van der Waals surface area contributed by atoms with E-state index in [0.29, 0.717) is 5.69 Å².